The van der Waals surface area contributed by atoms with Crippen molar-refractivity contribution >= 4 is 17.7 Å². The van der Waals surface area contributed by atoms with E-state index in [-0.39, 0.29) is 19.0 Å². The number of methoxy groups -OCH3 is 1. The largest absolute Gasteiger partial charge is 0.497 e. The summed E-state index contributed by atoms with van der Waals surface area (Å²) in [5.41, 5.74) is 4.71. The molecule has 1 N–H and O–H groups in total. The lowest BCUT2D eigenvalue weighted by Gasteiger charge is -2.39. The van der Waals surface area contributed by atoms with Gasteiger partial charge >= 0.3 is 11.9 Å². The second-order valence-electron chi connectivity index (χ2n) is 9.25. The summed E-state index contributed by atoms with van der Waals surface area (Å²) in [6.45, 7) is 7.61. The molecule has 0 amide bonds. The third-order valence-corrected chi connectivity index (χ3v) is 7.08. The predicted octanol–water partition coefficient (Wildman–Crippen LogP) is 4.72. The summed E-state index contributed by atoms with van der Waals surface area (Å²) in [5.74, 6) is -2.93. The summed E-state index contributed by atoms with van der Waals surface area (Å²) in [6.07, 6.45) is 0.396. The molecule has 2 aromatic rings. The number of carbonyl (C=O) groups excluding carboxylic acids is 3. The number of dihydropyridines is 1. The quantitative estimate of drug-likeness (QED) is 0.432. The Morgan fingerprint density at radius 1 is 1.00 bits per heavy atom. The van der Waals surface area contributed by atoms with E-state index in [9.17, 15) is 14.4 Å². The maximum atomic E-state index is 14.3. The van der Waals surface area contributed by atoms with Crippen molar-refractivity contribution in [3.63, 3.8) is 0 Å². The summed E-state index contributed by atoms with van der Waals surface area (Å²) in [6, 6.07) is 15.1. The molecule has 4 rings (SSSR count). The Hall–Kier alpha value is -3.87. The fourth-order valence-corrected chi connectivity index (χ4v) is 5.42. The first-order valence-corrected chi connectivity index (χ1v) is 12.6. The molecule has 0 aromatic heterocycles. The first-order valence-electron chi connectivity index (χ1n) is 12.6. The van der Waals surface area contributed by atoms with Gasteiger partial charge in [-0.15, -0.1) is 0 Å². The Kier molecular flexibility index (Phi) is 7.81. The topological polar surface area (TPSA) is 90.9 Å². The van der Waals surface area contributed by atoms with Crippen molar-refractivity contribution < 1.29 is 28.6 Å². The first kappa shape index (κ1) is 26.2. The molecule has 7 nitrogen and oxygen atoms in total. The molecule has 0 spiro atoms. The molecule has 0 saturated carbocycles. The number of nitrogens with one attached hydrogen (secondary N) is 1. The van der Waals surface area contributed by atoms with E-state index < -0.39 is 29.7 Å². The SMILES string of the molecule is CCOC(=O)C1=C(C)NC2=C(C(=O)[C@H](C(=O)OCC)[C@H](c3cccc(OC)c3)C2)[C@@H]1c1ccccc1C. The van der Waals surface area contributed by atoms with Crippen LogP contribution in [-0.4, -0.2) is 38.0 Å². The van der Waals surface area contributed by atoms with Crippen molar-refractivity contribution in [2.45, 2.75) is 46.0 Å². The minimum atomic E-state index is -1.05. The van der Waals surface area contributed by atoms with E-state index in [4.69, 9.17) is 14.2 Å². The van der Waals surface area contributed by atoms with Crippen LogP contribution in [0.2, 0.25) is 0 Å². The molecule has 2 aliphatic rings. The van der Waals surface area contributed by atoms with Crippen molar-refractivity contribution in [1.82, 2.24) is 5.32 Å². The van der Waals surface area contributed by atoms with Gasteiger partial charge in [-0.2, -0.15) is 0 Å². The van der Waals surface area contributed by atoms with Crippen LogP contribution in [0, 0.1) is 12.8 Å². The van der Waals surface area contributed by atoms with Crippen LogP contribution in [0.3, 0.4) is 0 Å². The van der Waals surface area contributed by atoms with Gasteiger partial charge in [0, 0.05) is 28.8 Å². The highest BCUT2D eigenvalue weighted by molar-refractivity contribution is 6.13. The monoisotopic (exact) mass is 503 g/mol. The average molecular weight is 504 g/mol. The van der Waals surface area contributed by atoms with E-state index in [0.29, 0.717) is 34.7 Å². The number of aryl methyl sites for hydroxylation is 1. The van der Waals surface area contributed by atoms with Gasteiger partial charge in [-0.05, 0) is 62.9 Å². The van der Waals surface area contributed by atoms with Crippen LogP contribution in [0.25, 0.3) is 0 Å². The number of Topliss-reactive ketones (excluding diaryl/α,β-unsaturated/α-hetero) is 1. The van der Waals surface area contributed by atoms with Crippen LogP contribution in [0.15, 0.2) is 71.1 Å². The molecular formula is C30H33NO6. The second-order valence-corrected chi connectivity index (χ2v) is 9.25. The molecule has 7 heteroatoms. The van der Waals surface area contributed by atoms with Gasteiger partial charge in [0.1, 0.15) is 11.7 Å². The lowest BCUT2D eigenvalue weighted by molar-refractivity contribution is -0.152. The zero-order chi connectivity index (χ0) is 26.7. The molecule has 0 saturated heterocycles. The van der Waals surface area contributed by atoms with Gasteiger partial charge in [0.25, 0.3) is 0 Å². The molecule has 3 atom stereocenters. The lowest BCUT2D eigenvalue weighted by atomic mass is 9.66. The lowest BCUT2D eigenvalue weighted by Crippen LogP contribution is -2.43. The van der Waals surface area contributed by atoms with E-state index in [0.717, 1.165) is 16.7 Å². The standard InChI is InChI=1S/C30H33NO6/c1-6-36-29(33)24-18(4)31-23-16-22(19-12-10-13-20(15-19)35-5)26(30(34)37-7-2)28(32)27(23)25(24)21-14-9-8-11-17(21)3/h8-15,22,25-26,31H,6-7,16H2,1-5H3/t22-,25+,26+/m0/s1. The minimum Gasteiger partial charge on any atom is -0.497 e. The molecule has 0 radical (unpaired) electrons. The average Bonchev–Trinajstić information content (AvgIpc) is 2.88. The van der Waals surface area contributed by atoms with E-state index in [1.165, 1.54) is 0 Å². The Balaban J connectivity index is 1.91. The smallest absolute Gasteiger partial charge is 0.336 e. The molecule has 1 aliphatic carbocycles. The Morgan fingerprint density at radius 2 is 1.73 bits per heavy atom. The minimum absolute atomic E-state index is 0.159. The number of esters is 2. The summed E-state index contributed by atoms with van der Waals surface area (Å²) >= 11 is 0. The van der Waals surface area contributed by atoms with Gasteiger partial charge < -0.3 is 19.5 Å². The maximum absolute atomic E-state index is 14.3. The van der Waals surface area contributed by atoms with Crippen LogP contribution in [0.1, 0.15) is 55.7 Å². The normalized spacial score (nSPS) is 21.2. The molecule has 1 aliphatic heterocycles. The van der Waals surface area contributed by atoms with Crippen molar-refractivity contribution in [3.05, 3.63) is 87.8 Å². The van der Waals surface area contributed by atoms with Crippen molar-refractivity contribution in [2.24, 2.45) is 5.92 Å². The number of hydrogen-bond donors (Lipinski definition) is 1. The van der Waals surface area contributed by atoms with Gasteiger partial charge in [0.15, 0.2) is 5.78 Å². The van der Waals surface area contributed by atoms with Crippen LogP contribution in [-0.2, 0) is 23.9 Å². The molecule has 2 aromatic carbocycles. The zero-order valence-corrected chi connectivity index (χ0v) is 21.9. The fraction of sp³-hybridized carbons (Fsp3) is 0.367. The van der Waals surface area contributed by atoms with Crippen LogP contribution in [0.4, 0.5) is 0 Å². The highest BCUT2D eigenvalue weighted by Gasteiger charge is 2.49. The summed E-state index contributed by atoms with van der Waals surface area (Å²) < 4.78 is 16.2. The zero-order valence-electron chi connectivity index (χ0n) is 21.9. The number of benzene rings is 2. The highest BCUT2D eigenvalue weighted by atomic mass is 16.5. The molecule has 194 valence electrons. The van der Waals surface area contributed by atoms with Gasteiger partial charge in [0.2, 0.25) is 0 Å². The summed E-state index contributed by atoms with van der Waals surface area (Å²) in [7, 11) is 1.58. The second kappa shape index (κ2) is 11.0. The number of allylic oxidation sites excluding steroid dienone is 3. The number of ether oxygens (including phenoxy) is 3. The van der Waals surface area contributed by atoms with Gasteiger partial charge in [-0.1, -0.05) is 36.4 Å². The number of ketones is 1. The van der Waals surface area contributed by atoms with Crippen LogP contribution < -0.4 is 10.1 Å². The number of hydrogen-bond acceptors (Lipinski definition) is 7. The Bertz CT molecular complexity index is 1290. The highest BCUT2D eigenvalue weighted by Crippen LogP contribution is 2.49. The van der Waals surface area contributed by atoms with E-state index in [1.807, 2.05) is 62.4 Å². The van der Waals surface area contributed by atoms with Gasteiger partial charge in [-0.3, -0.25) is 9.59 Å². The summed E-state index contributed by atoms with van der Waals surface area (Å²) in [5, 5.41) is 3.33. The number of carbonyl (C=O) groups is 3. The number of rotatable bonds is 7. The molecule has 0 bridgehead atoms. The van der Waals surface area contributed by atoms with Crippen molar-refractivity contribution in [2.75, 3.05) is 20.3 Å². The molecule has 37 heavy (non-hydrogen) atoms. The first-order chi connectivity index (χ1) is 17.8. The molecular weight excluding hydrogens is 470 g/mol. The third kappa shape index (κ3) is 4.90. The Morgan fingerprint density at radius 3 is 2.41 bits per heavy atom. The third-order valence-electron chi connectivity index (χ3n) is 7.08. The van der Waals surface area contributed by atoms with Gasteiger partial charge in [0.05, 0.1) is 25.9 Å². The summed E-state index contributed by atoms with van der Waals surface area (Å²) in [4.78, 5) is 40.8. The maximum Gasteiger partial charge on any atom is 0.336 e. The van der Waals surface area contributed by atoms with E-state index >= 15 is 0 Å². The van der Waals surface area contributed by atoms with Crippen LogP contribution in [0.5, 0.6) is 5.75 Å². The van der Waals surface area contributed by atoms with Gasteiger partial charge in [-0.25, -0.2) is 4.79 Å². The van der Waals surface area contributed by atoms with E-state index in [1.54, 1.807) is 21.0 Å². The molecule has 0 unspecified atom stereocenters. The van der Waals surface area contributed by atoms with Crippen molar-refractivity contribution in [3.8, 4) is 5.75 Å². The predicted molar refractivity (Wildman–Crippen MR) is 139 cm³/mol. The molecule has 1 heterocycles. The van der Waals surface area contributed by atoms with E-state index in [2.05, 4.69) is 5.32 Å². The fourth-order valence-electron chi connectivity index (χ4n) is 5.42. The molecule has 0 fully saturated rings. The van der Waals surface area contributed by atoms with Crippen molar-refractivity contribution in [1.29, 1.82) is 0 Å². The van der Waals surface area contributed by atoms with Crippen LogP contribution >= 0.6 is 0 Å². The Labute approximate surface area is 217 Å².